The first-order valence-electron chi connectivity index (χ1n) is 7.15. The van der Waals surface area contributed by atoms with Crippen LogP contribution in [0.15, 0.2) is 28.7 Å². The highest BCUT2D eigenvalue weighted by Gasteiger charge is 2.18. The summed E-state index contributed by atoms with van der Waals surface area (Å²) in [5.74, 6) is 0.987. The number of hydrogen-bond acceptors (Lipinski definition) is 1. The highest BCUT2D eigenvalue weighted by Crippen LogP contribution is 2.39. The van der Waals surface area contributed by atoms with E-state index in [-0.39, 0.29) is 0 Å². The van der Waals surface area contributed by atoms with Crippen molar-refractivity contribution in [3.05, 3.63) is 56.6 Å². The maximum absolute atomic E-state index is 5.49. The molecule has 1 aliphatic rings. The van der Waals surface area contributed by atoms with Gasteiger partial charge in [0.25, 0.3) is 0 Å². The lowest BCUT2D eigenvalue weighted by Crippen LogP contribution is -1.95. The smallest absolute Gasteiger partial charge is 0.124 e. The molecule has 0 N–H and O–H groups in total. The van der Waals surface area contributed by atoms with Gasteiger partial charge in [0.05, 0.1) is 7.11 Å². The monoisotopic (exact) mass is 342 g/mol. The molecule has 0 bridgehead atoms. The Bertz CT molecular complexity index is 733. The van der Waals surface area contributed by atoms with Crippen LogP contribution in [0, 0.1) is 20.8 Å². The van der Waals surface area contributed by atoms with Crippen molar-refractivity contribution < 1.29 is 4.74 Å². The standard InChI is InChI=1S/C19H19BrO/c1-11-5-6-14-9-16(20)10-17(14)18(11)15-7-12(2)19(21-4)13(3)8-15/h5-8,10H,9H2,1-4H3. The predicted octanol–water partition coefficient (Wildman–Crippen LogP) is 5.58. The van der Waals surface area contributed by atoms with Crippen LogP contribution >= 0.6 is 15.9 Å². The fraction of sp³-hybridized carbons (Fsp3) is 0.263. The normalized spacial score (nSPS) is 13.1. The number of benzene rings is 2. The van der Waals surface area contributed by atoms with Crippen LogP contribution in [0.5, 0.6) is 5.75 Å². The first kappa shape index (κ1) is 14.4. The second kappa shape index (κ2) is 5.34. The number of hydrogen-bond donors (Lipinski definition) is 0. The molecule has 0 aliphatic heterocycles. The van der Waals surface area contributed by atoms with E-state index in [1.165, 1.54) is 43.4 Å². The Morgan fingerprint density at radius 2 is 1.67 bits per heavy atom. The Morgan fingerprint density at radius 3 is 2.29 bits per heavy atom. The molecular formula is C19H19BrO. The molecule has 108 valence electrons. The Balaban J connectivity index is 2.25. The van der Waals surface area contributed by atoms with E-state index in [1.807, 2.05) is 0 Å². The summed E-state index contributed by atoms with van der Waals surface area (Å²) in [5, 5.41) is 0. The summed E-state index contributed by atoms with van der Waals surface area (Å²) in [5.41, 5.74) is 9.06. The van der Waals surface area contributed by atoms with Gasteiger partial charge >= 0.3 is 0 Å². The summed E-state index contributed by atoms with van der Waals surface area (Å²) in [7, 11) is 1.74. The van der Waals surface area contributed by atoms with E-state index in [4.69, 9.17) is 4.74 Å². The molecule has 0 unspecified atom stereocenters. The summed E-state index contributed by atoms with van der Waals surface area (Å²) in [4.78, 5) is 0. The molecule has 3 rings (SSSR count). The average molecular weight is 343 g/mol. The second-order valence-corrected chi connectivity index (χ2v) is 6.76. The zero-order valence-electron chi connectivity index (χ0n) is 12.9. The van der Waals surface area contributed by atoms with Crippen LogP contribution in [0.1, 0.15) is 27.8 Å². The highest BCUT2D eigenvalue weighted by molar-refractivity contribution is 9.11. The van der Waals surface area contributed by atoms with Crippen molar-refractivity contribution in [2.45, 2.75) is 27.2 Å². The molecular weight excluding hydrogens is 324 g/mol. The predicted molar refractivity (Wildman–Crippen MR) is 93.2 cm³/mol. The molecule has 0 saturated carbocycles. The van der Waals surface area contributed by atoms with E-state index in [0.29, 0.717) is 0 Å². The Morgan fingerprint density at radius 1 is 1.00 bits per heavy atom. The molecule has 0 saturated heterocycles. The van der Waals surface area contributed by atoms with Gasteiger partial charge in [-0.05, 0) is 77.9 Å². The molecule has 21 heavy (non-hydrogen) atoms. The van der Waals surface area contributed by atoms with Crippen LogP contribution < -0.4 is 4.74 Å². The SMILES string of the molecule is COc1c(C)cc(-c2c(C)ccc3c2C=C(Br)C3)cc1C. The number of halogens is 1. The minimum atomic E-state index is 0.987. The minimum Gasteiger partial charge on any atom is -0.496 e. The van der Waals surface area contributed by atoms with Gasteiger partial charge in [-0.2, -0.15) is 0 Å². The van der Waals surface area contributed by atoms with Crippen LogP contribution in [-0.2, 0) is 6.42 Å². The van der Waals surface area contributed by atoms with Crippen molar-refractivity contribution in [3.8, 4) is 16.9 Å². The second-order valence-electron chi connectivity index (χ2n) is 5.74. The van der Waals surface area contributed by atoms with Crippen LogP contribution in [-0.4, -0.2) is 7.11 Å². The number of ether oxygens (including phenoxy) is 1. The molecule has 2 heteroatoms. The molecule has 0 amide bonds. The van der Waals surface area contributed by atoms with E-state index >= 15 is 0 Å². The van der Waals surface area contributed by atoms with Gasteiger partial charge in [0.15, 0.2) is 0 Å². The van der Waals surface area contributed by atoms with Gasteiger partial charge in [-0.15, -0.1) is 0 Å². The van der Waals surface area contributed by atoms with E-state index < -0.39 is 0 Å². The van der Waals surface area contributed by atoms with Gasteiger partial charge in [-0.1, -0.05) is 28.1 Å². The molecule has 0 heterocycles. The first-order chi connectivity index (χ1) is 10.0. The molecule has 2 aromatic carbocycles. The number of rotatable bonds is 2. The third-order valence-electron chi connectivity index (χ3n) is 4.16. The van der Waals surface area contributed by atoms with E-state index in [1.54, 1.807) is 7.11 Å². The molecule has 2 aromatic rings. The summed E-state index contributed by atoms with van der Waals surface area (Å²) < 4.78 is 6.74. The Hall–Kier alpha value is -1.54. The number of fused-ring (bicyclic) bond motifs is 1. The van der Waals surface area contributed by atoms with Crippen LogP contribution in [0.3, 0.4) is 0 Å². The van der Waals surface area contributed by atoms with Gasteiger partial charge < -0.3 is 4.74 Å². The fourth-order valence-electron chi connectivity index (χ4n) is 3.28. The van der Waals surface area contributed by atoms with E-state index in [0.717, 1.165) is 12.2 Å². The highest BCUT2D eigenvalue weighted by atomic mass is 79.9. The largest absolute Gasteiger partial charge is 0.496 e. The third kappa shape index (κ3) is 2.42. The average Bonchev–Trinajstić information content (AvgIpc) is 2.78. The molecule has 1 aliphatic carbocycles. The van der Waals surface area contributed by atoms with Crippen molar-refractivity contribution in [2.75, 3.05) is 7.11 Å². The minimum absolute atomic E-state index is 0.987. The zero-order chi connectivity index (χ0) is 15.1. The lowest BCUT2D eigenvalue weighted by molar-refractivity contribution is 0.408. The van der Waals surface area contributed by atoms with Gasteiger partial charge in [0.2, 0.25) is 0 Å². The lowest BCUT2D eigenvalue weighted by Gasteiger charge is -2.16. The van der Waals surface area contributed by atoms with Crippen LogP contribution in [0.2, 0.25) is 0 Å². The molecule has 0 aromatic heterocycles. The summed E-state index contributed by atoms with van der Waals surface area (Å²) in [6.45, 7) is 6.41. The quantitative estimate of drug-likeness (QED) is 0.692. The maximum atomic E-state index is 5.49. The van der Waals surface area contributed by atoms with Crippen molar-refractivity contribution in [2.24, 2.45) is 0 Å². The van der Waals surface area contributed by atoms with Crippen LogP contribution in [0.25, 0.3) is 17.2 Å². The van der Waals surface area contributed by atoms with E-state index in [9.17, 15) is 0 Å². The van der Waals surface area contributed by atoms with Gasteiger partial charge in [-0.25, -0.2) is 0 Å². The van der Waals surface area contributed by atoms with Gasteiger partial charge in [0, 0.05) is 10.9 Å². The van der Waals surface area contributed by atoms with Crippen molar-refractivity contribution in [1.29, 1.82) is 0 Å². The molecule has 0 spiro atoms. The summed E-state index contributed by atoms with van der Waals surface area (Å²) >= 11 is 3.64. The number of methoxy groups -OCH3 is 1. The lowest BCUT2D eigenvalue weighted by atomic mass is 9.91. The molecule has 0 atom stereocenters. The van der Waals surface area contributed by atoms with Gasteiger partial charge in [-0.3, -0.25) is 0 Å². The molecule has 1 nitrogen and oxygen atoms in total. The van der Waals surface area contributed by atoms with Crippen molar-refractivity contribution in [3.63, 3.8) is 0 Å². The number of allylic oxidation sites excluding steroid dienone is 1. The topological polar surface area (TPSA) is 9.23 Å². The fourth-order valence-corrected chi connectivity index (χ4v) is 3.81. The maximum Gasteiger partial charge on any atom is 0.124 e. The zero-order valence-corrected chi connectivity index (χ0v) is 14.5. The van der Waals surface area contributed by atoms with Crippen molar-refractivity contribution >= 4 is 22.0 Å². The Kier molecular flexibility index (Phi) is 3.66. The van der Waals surface area contributed by atoms with Crippen molar-refractivity contribution in [1.82, 2.24) is 0 Å². The summed E-state index contributed by atoms with van der Waals surface area (Å²) in [6, 6.07) is 8.92. The third-order valence-corrected chi connectivity index (χ3v) is 4.67. The molecule has 0 radical (unpaired) electrons. The molecule has 0 fully saturated rings. The number of aryl methyl sites for hydroxylation is 3. The van der Waals surface area contributed by atoms with Gasteiger partial charge in [0.1, 0.15) is 5.75 Å². The Labute approximate surface area is 134 Å². The first-order valence-corrected chi connectivity index (χ1v) is 7.94. The van der Waals surface area contributed by atoms with Crippen LogP contribution in [0.4, 0.5) is 0 Å². The summed E-state index contributed by atoms with van der Waals surface area (Å²) in [6.07, 6.45) is 3.25. The van der Waals surface area contributed by atoms with E-state index in [2.05, 4.69) is 67.0 Å².